The van der Waals surface area contributed by atoms with Crippen LogP contribution in [-0.2, 0) is 6.42 Å². The van der Waals surface area contributed by atoms with Crippen LogP contribution in [0.4, 0.5) is 0 Å². The molecule has 0 bridgehead atoms. The molecule has 0 spiro atoms. The van der Waals surface area contributed by atoms with Gasteiger partial charge in [0.1, 0.15) is 0 Å². The largest absolute Gasteiger partial charge is 0.313 e. The molecule has 94 valence electrons. The number of piperazine rings is 1. The van der Waals surface area contributed by atoms with Gasteiger partial charge >= 0.3 is 0 Å². The molecule has 1 N–H and O–H groups in total. The number of nitrogens with zero attached hydrogens (tertiary/aromatic N) is 5. The van der Waals surface area contributed by atoms with E-state index < -0.39 is 0 Å². The maximum atomic E-state index is 4.13. The quantitative estimate of drug-likeness (QED) is 0.810. The zero-order valence-electron chi connectivity index (χ0n) is 10.2. The van der Waals surface area contributed by atoms with Crippen LogP contribution in [0.2, 0.25) is 0 Å². The Balaban J connectivity index is 1.78. The van der Waals surface area contributed by atoms with Crippen molar-refractivity contribution in [1.29, 1.82) is 0 Å². The van der Waals surface area contributed by atoms with Crippen molar-refractivity contribution in [2.45, 2.75) is 6.42 Å². The summed E-state index contributed by atoms with van der Waals surface area (Å²) in [6, 6.07) is 10.3. The van der Waals surface area contributed by atoms with Crippen molar-refractivity contribution in [3.8, 4) is 0 Å². The molecule has 0 amide bonds. The molecule has 0 saturated carbocycles. The van der Waals surface area contributed by atoms with Gasteiger partial charge in [-0.05, 0) is 16.0 Å². The third-order valence-electron chi connectivity index (χ3n) is 3.08. The molecule has 0 radical (unpaired) electrons. The van der Waals surface area contributed by atoms with Gasteiger partial charge in [-0.15, -0.1) is 9.89 Å². The van der Waals surface area contributed by atoms with E-state index in [1.54, 1.807) is 0 Å². The molecule has 6 nitrogen and oxygen atoms in total. The zero-order valence-corrected chi connectivity index (χ0v) is 10.2. The fraction of sp³-hybridized carbons (Fsp3) is 0.417. The second-order valence-electron chi connectivity index (χ2n) is 4.35. The summed E-state index contributed by atoms with van der Waals surface area (Å²) in [5, 5.41) is 17.5. The lowest BCUT2D eigenvalue weighted by Crippen LogP contribution is -2.50. The highest BCUT2D eigenvalue weighted by Crippen LogP contribution is 2.06. The van der Waals surface area contributed by atoms with Gasteiger partial charge in [-0.1, -0.05) is 30.3 Å². The Hall–Kier alpha value is -1.95. The van der Waals surface area contributed by atoms with Crippen LogP contribution in [0.25, 0.3) is 0 Å². The van der Waals surface area contributed by atoms with Gasteiger partial charge in [0.25, 0.3) is 0 Å². The first kappa shape index (κ1) is 11.2. The maximum Gasteiger partial charge on any atom is 0.178 e. The van der Waals surface area contributed by atoms with Crippen LogP contribution in [-0.4, -0.2) is 46.5 Å². The average Bonchev–Trinajstić information content (AvgIpc) is 2.89. The van der Waals surface area contributed by atoms with Gasteiger partial charge < -0.3 is 5.32 Å². The molecule has 0 unspecified atom stereocenters. The predicted molar refractivity (Wildman–Crippen MR) is 67.9 cm³/mol. The number of aromatic nitrogens is 4. The van der Waals surface area contributed by atoms with E-state index in [1.165, 1.54) is 5.56 Å². The molecule has 18 heavy (non-hydrogen) atoms. The van der Waals surface area contributed by atoms with Crippen LogP contribution in [0.1, 0.15) is 11.4 Å². The smallest absolute Gasteiger partial charge is 0.178 e. The summed E-state index contributed by atoms with van der Waals surface area (Å²) in [6.45, 7) is 3.83. The van der Waals surface area contributed by atoms with Crippen molar-refractivity contribution < 1.29 is 0 Å². The van der Waals surface area contributed by atoms with Gasteiger partial charge in [0, 0.05) is 32.6 Å². The molecule has 3 rings (SSSR count). The highest BCUT2D eigenvalue weighted by Gasteiger charge is 2.15. The third kappa shape index (κ3) is 2.33. The fourth-order valence-corrected chi connectivity index (χ4v) is 2.15. The Morgan fingerprint density at radius 2 is 1.89 bits per heavy atom. The van der Waals surface area contributed by atoms with Crippen LogP contribution in [0.15, 0.2) is 30.3 Å². The van der Waals surface area contributed by atoms with Crippen molar-refractivity contribution in [3.05, 3.63) is 41.7 Å². The van der Waals surface area contributed by atoms with Gasteiger partial charge in [0.2, 0.25) is 0 Å². The fourth-order valence-electron chi connectivity index (χ4n) is 2.15. The summed E-state index contributed by atoms with van der Waals surface area (Å²) in [4.78, 5) is 1.84. The highest BCUT2D eigenvalue weighted by molar-refractivity contribution is 5.18. The van der Waals surface area contributed by atoms with Crippen LogP contribution >= 0.6 is 0 Å². The number of hydrogen-bond acceptors (Lipinski definition) is 5. The lowest BCUT2D eigenvalue weighted by atomic mass is 10.1. The number of nitrogens with one attached hydrogen (secondary N) is 1. The lowest BCUT2D eigenvalue weighted by Gasteiger charge is -2.28. The molecule has 1 aromatic carbocycles. The zero-order chi connectivity index (χ0) is 12.2. The number of rotatable bonds is 3. The molecule has 2 heterocycles. The first-order valence-electron chi connectivity index (χ1n) is 6.20. The Bertz CT molecular complexity index is 488. The molecular weight excluding hydrogens is 228 g/mol. The Morgan fingerprint density at radius 1 is 1.11 bits per heavy atom. The van der Waals surface area contributed by atoms with Gasteiger partial charge in [0.15, 0.2) is 5.82 Å². The Kier molecular flexibility index (Phi) is 3.18. The van der Waals surface area contributed by atoms with Gasteiger partial charge in [-0.25, -0.2) is 0 Å². The molecular formula is C12H16N6. The molecule has 1 aromatic heterocycles. The minimum absolute atomic E-state index is 0.762. The lowest BCUT2D eigenvalue weighted by molar-refractivity contribution is 0.443. The first-order chi connectivity index (χ1) is 8.93. The van der Waals surface area contributed by atoms with Crippen LogP contribution in [0.3, 0.4) is 0 Å². The number of hydrogen-bond donors (Lipinski definition) is 1. The minimum atomic E-state index is 0.762. The van der Waals surface area contributed by atoms with Crippen LogP contribution < -0.4 is 10.3 Å². The van der Waals surface area contributed by atoms with Crippen molar-refractivity contribution >= 4 is 0 Å². The molecule has 0 atom stereocenters. The van der Waals surface area contributed by atoms with E-state index in [1.807, 2.05) is 23.0 Å². The van der Waals surface area contributed by atoms with Gasteiger partial charge in [-0.2, -0.15) is 0 Å². The molecule has 2 aromatic rings. The van der Waals surface area contributed by atoms with Crippen molar-refractivity contribution in [2.24, 2.45) is 0 Å². The number of tetrazole rings is 1. The molecule has 1 saturated heterocycles. The van der Waals surface area contributed by atoms with E-state index in [0.717, 1.165) is 38.4 Å². The minimum Gasteiger partial charge on any atom is -0.313 e. The molecule has 6 heteroatoms. The third-order valence-corrected chi connectivity index (χ3v) is 3.08. The van der Waals surface area contributed by atoms with Crippen molar-refractivity contribution in [1.82, 2.24) is 25.6 Å². The standard InChI is InChI=1S/C12H16N6/c1-2-4-11(5-3-1)10-12-14-15-16-18(12)17-8-6-13-7-9-17/h1-5,13H,6-10H2. The topological polar surface area (TPSA) is 58.9 Å². The van der Waals surface area contributed by atoms with Crippen LogP contribution in [0.5, 0.6) is 0 Å². The van der Waals surface area contributed by atoms with E-state index in [2.05, 4.69) is 38.0 Å². The molecule has 0 aliphatic carbocycles. The molecule has 1 aliphatic rings. The van der Waals surface area contributed by atoms with E-state index in [-0.39, 0.29) is 0 Å². The average molecular weight is 244 g/mol. The Morgan fingerprint density at radius 3 is 2.67 bits per heavy atom. The monoisotopic (exact) mass is 244 g/mol. The van der Waals surface area contributed by atoms with Gasteiger partial charge in [0.05, 0.1) is 0 Å². The van der Waals surface area contributed by atoms with Gasteiger partial charge in [-0.3, -0.25) is 5.01 Å². The summed E-state index contributed by atoms with van der Waals surface area (Å²) in [7, 11) is 0. The van der Waals surface area contributed by atoms with E-state index in [4.69, 9.17) is 0 Å². The summed E-state index contributed by atoms with van der Waals surface area (Å²) in [5.41, 5.74) is 1.23. The second kappa shape index (κ2) is 5.14. The second-order valence-corrected chi connectivity index (χ2v) is 4.35. The van der Waals surface area contributed by atoms with E-state index in [9.17, 15) is 0 Å². The van der Waals surface area contributed by atoms with E-state index >= 15 is 0 Å². The highest BCUT2D eigenvalue weighted by atomic mass is 15.7. The number of benzene rings is 1. The summed E-state index contributed by atoms with van der Waals surface area (Å²) >= 11 is 0. The predicted octanol–water partition coefficient (Wildman–Crippen LogP) is -0.195. The summed E-state index contributed by atoms with van der Waals surface area (Å²) in [6.07, 6.45) is 0.762. The Labute approximate surface area is 106 Å². The summed E-state index contributed by atoms with van der Waals surface area (Å²) < 4.78 is 0. The normalized spacial score (nSPS) is 15.9. The molecule has 1 fully saturated rings. The van der Waals surface area contributed by atoms with E-state index in [0.29, 0.717) is 0 Å². The SMILES string of the molecule is c1ccc(Cc2nnnn2N2CCNCC2)cc1. The summed E-state index contributed by atoms with van der Waals surface area (Å²) in [5.74, 6) is 0.892. The maximum absolute atomic E-state index is 4.13. The van der Waals surface area contributed by atoms with Crippen molar-refractivity contribution in [3.63, 3.8) is 0 Å². The first-order valence-corrected chi connectivity index (χ1v) is 6.20. The van der Waals surface area contributed by atoms with Crippen molar-refractivity contribution in [2.75, 3.05) is 31.2 Å². The van der Waals surface area contributed by atoms with Crippen LogP contribution in [0, 0.1) is 0 Å². The molecule has 1 aliphatic heterocycles.